The third kappa shape index (κ3) is 3.97. The Hall–Kier alpha value is -1.02. The zero-order chi connectivity index (χ0) is 13.9. The molecule has 1 atom stereocenters. The van der Waals surface area contributed by atoms with E-state index in [0.717, 1.165) is 6.54 Å². The Morgan fingerprint density at radius 3 is 2.63 bits per heavy atom. The molecular formula is C17H28N2. The summed E-state index contributed by atoms with van der Waals surface area (Å²) in [4.78, 5) is 2.59. The fourth-order valence-corrected chi connectivity index (χ4v) is 2.76. The number of para-hydroxylation sites is 1. The van der Waals surface area contributed by atoms with Crippen LogP contribution in [0, 0.1) is 0 Å². The van der Waals surface area contributed by atoms with E-state index in [-0.39, 0.29) is 5.54 Å². The first kappa shape index (κ1) is 14.4. The van der Waals surface area contributed by atoms with Crippen molar-refractivity contribution in [1.82, 2.24) is 5.32 Å². The largest absolute Gasteiger partial charge is 0.369 e. The Bertz CT molecular complexity index is 406. The summed E-state index contributed by atoms with van der Waals surface area (Å²) in [7, 11) is 0. The molecule has 0 amide bonds. The molecule has 0 radical (unpaired) electrons. The third-order valence-corrected chi connectivity index (χ3v) is 3.91. The molecule has 106 valence electrons. The van der Waals surface area contributed by atoms with Gasteiger partial charge in [0.1, 0.15) is 0 Å². The van der Waals surface area contributed by atoms with Gasteiger partial charge in [-0.05, 0) is 58.6 Å². The average molecular weight is 260 g/mol. The van der Waals surface area contributed by atoms with Crippen molar-refractivity contribution >= 4 is 5.69 Å². The van der Waals surface area contributed by atoms with Crippen LogP contribution < -0.4 is 10.2 Å². The van der Waals surface area contributed by atoms with Crippen molar-refractivity contribution in [1.29, 1.82) is 0 Å². The van der Waals surface area contributed by atoms with E-state index in [4.69, 9.17) is 0 Å². The molecule has 0 saturated carbocycles. The van der Waals surface area contributed by atoms with Gasteiger partial charge in [0.05, 0.1) is 0 Å². The number of anilines is 1. The van der Waals surface area contributed by atoms with Gasteiger partial charge in [0.15, 0.2) is 0 Å². The molecule has 1 fully saturated rings. The summed E-state index contributed by atoms with van der Waals surface area (Å²) in [5, 5.41) is 3.61. The Morgan fingerprint density at radius 2 is 1.95 bits per heavy atom. The summed E-state index contributed by atoms with van der Waals surface area (Å²) >= 11 is 0. The minimum absolute atomic E-state index is 0.167. The van der Waals surface area contributed by atoms with Crippen LogP contribution in [0.15, 0.2) is 24.3 Å². The lowest BCUT2D eigenvalue weighted by Crippen LogP contribution is -2.39. The second-order valence-corrected chi connectivity index (χ2v) is 6.77. The van der Waals surface area contributed by atoms with Crippen LogP contribution in [0.4, 0.5) is 5.69 Å². The highest BCUT2D eigenvalue weighted by atomic mass is 15.2. The predicted molar refractivity (Wildman–Crippen MR) is 83.7 cm³/mol. The molecule has 2 nitrogen and oxygen atoms in total. The van der Waals surface area contributed by atoms with Crippen LogP contribution in [0.2, 0.25) is 0 Å². The average Bonchev–Trinajstić information content (AvgIpc) is 2.37. The Kier molecular flexibility index (Phi) is 4.51. The molecule has 0 bridgehead atoms. The smallest absolute Gasteiger partial charge is 0.0414 e. The zero-order valence-electron chi connectivity index (χ0n) is 12.9. The molecule has 2 rings (SSSR count). The summed E-state index contributed by atoms with van der Waals surface area (Å²) in [5.74, 6) is 0. The van der Waals surface area contributed by atoms with Gasteiger partial charge in [-0.2, -0.15) is 0 Å². The predicted octanol–water partition coefficient (Wildman–Crippen LogP) is 3.95. The van der Waals surface area contributed by atoms with Crippen molar-refractivity contribution < 1.29 is 0 Å². The highest BCUT2D eigenvalue weighted by Crippen LogP contribution is 2.28. The quantitative estimate of drug-likeness (QED) is 0.885. The highest BCUT2D eigenvalue weighted by molar-refractivity contribution is 5.54. The number of nitrogens with one attached hydrogen (secondary N) is 1. The maximum atomic E-state index is 3.61. The van der Waals surface area contributed by atoms with Crippen molar-refractivity contribution in [3.63, 3.8) is 0 Å². The Balaban J connectivity index is 2.15. The van der Waals surface area contributed by atoms with Gasteiger partial charge in [-0.15, -0.1) is 0 Å². The van der Waals surface area contributed by atoms with E-state index in [1.807, 2.05) is 0 Å². The molecular weight excluding hydrogens is 232 g/mol. The fraction of sp³-hybridized carbons (Fsp3) is 0.647. The summed E-state index contributed by atoms with van der Waals surface area (Å²) < 4.78 is 0. The van der Waals surface area contributed by atoms with Crippen molar-refractivity contribution in [2.45, 2.75) is 65.1 Å². The minimum atomic E-state index is 0.167. The molecule has 1 heterocycles. The maximum Gasteiger partial charge on any atom is 0.0414 e. The SMILES string of the molecule is CC1CCCCN1c1ccccc1CNC(C)(C)C. The maximum absolute atomic E-state index is 3.61. The van der Waals surface area contributed by atoms with Crippen LogP contribution in [0.3, 0.4) is 0 Å². The zero-order valence-corrected chi connectivity index (χ0v) is 12.9. The van der Waals surface area contributed by atoms with Gasteiger partial charge >= 0.3 is 0 Å². The lowest BCUT2D eigenvalue weighted by Gasteiger charge is -2.37. The van der Waals surface area contributed by atoms with E-state index in [2.05, 4.69) is 62.2 Å². The van der Waals surface area contributed by atoms with Crippen LogP contribution in [-0.2, 0) is 6.54 Å². The number of benzene rings is 1. The topological polar surface area (TPSA) is 15.3 Å². The van der Waals surface area contributed by atoms with Crippen LogP contribution in [0.5, 0.6) is 0 Å². The molecule has 2 heteroatoms. The lowest BCUT2D eigenvalue weighted by molar-refractivity contribution is 0.422. The number of nitrogens with zero attached hydrogens (tertiary/aromatic N) is 1. The molecule has 1 saturated heterocycles. The summed E-state index contributed by atoms with van der Waals surface area (Å²) in [6.45, 7) is 11.2. The second kappa shape index (κ2) is 5.96. The number of rotatable bonds is 3. The van der Waals surface area contributed by atoms with Gasteiger partial charge in [0.25, 0.3) is 0 Å². The normalized spacial score (nSPS) is 20.6. The van der Waals surface area contributed by atoms with Crippen LogP contribution in [-0.4, -0.2) is 18.1 Å². The van der Waals surface area contributed by atoms with E-state index >= 15 is 0 Å². The van der Waals surface area contributed by atoms with Crippen LogP contribution in [0.1, 0.15) is 52.5 Å². The van der Waals surface area contributed by atoms with E-state index in [1.54, 1.807) is 0 Å². The number of piperidine rings is 1. The first-order valence-corrected chi connectivity index (χ1v) is 7.57. The first-order chi connectivity index (χ1) is 8.97. The summed E-state index contributed by atoms with van der Waals surface area (Å²) in [5.41, 5.74) is 3.01. The van der Waals surface area contributed by atoms with E-state index in [1.165, 1.54) is 37.1 Å². The molecule has 0 aromatic heterocycles. The third-order valence-electron chi connectivity index (χ3n) is 3.91. The molecule has 1 unspecified atom stereocenters. The van der Waals surface area contributed by atoms with Crippen molar-refractivity contribution in [2.24, 2.45) is 0 Å². The lowest BCUT2D eigenvalue weighted by atomic mass is 10.0. The van der Waals surface area contributed by atoms with E-state index in [0.29, 0.717) is 6.04 Å². The number of hydrogen-bond acceptors (Lipinski definition) is 2. The van der Waals surface area contributed by atoms with E-state index in [9.17, 15) is 0 Å². The van der Waals surface area contributed by atoms with Gasteiger partial charge in [-0.1, -0.05) is 18.2 Å². The van der Waals surface area contributed by atoms with Crippen molar-refractivity contribution in [2.75, 3.05) is 11.4 Å². The molecule has 1 aromatic carbocycles. The molecule has 1 aliphatic heterocycles. The van der Waals surface area contributed by atoms with Crippen LogP contribution in [0.25, 0.3) is 0 Å². The van der Waals surface area contributed by atoms with Gasteiger partial charge < -0.3 is 10.2 Å². The van der Waals surface area contributed by atoms with E-state index < -0.39 is 0 Å². The van der Waals surface area contributed by atoms with Crippen molar-refractivity contribution in [3.05, 3.63) is 29.8 Å². The first-order valence-electron chi connectivity index (χ1n) is 7.57. The van der Waals surface area contributed by atoms with Gasteiger partial charge in [-0.3, -0.25) is 0 Å². The molecule has 1 aliphatic rings. The minimum Gasteiger partial charge on any atom is -0.369 e. The highest BCUT2D eigenvalue weighted by Gasteiger charge is 2.21. The number of hydrogen-bond donors (Lipinski definition) is 1. The van der Waals surface area contributed by atoms with Crippen molar-refractivity contribution in [3.8, 4) is 0 Å². The molecule has 19 heavy (non-hydrogen) atoms. The Labute approximate surface area is 118 Å². The summed E-state index contributed by atoms with van der Waals surface area (Å²) in [6.07, 6.45) is 4.02. The molecule has 1 N–H and O–H groups in total. The monoisotopic (exact) mass is 260 g/mol. The molecule has 0 spiro atoms. The Morgan fingerprint density at radius 1 is 1.21 bits per heavy atom. The van der Waals surface area contributed by atoms with Gasteiger partial charge in [-0.25, -0.2) is 0 Å². The molecule has 1 aromatic rings. The van der Waals surface area contributed by atoms with Gasteiger partial charge in [0.2, 0.25) is 0 Å². The second-order valence-electron chi connectivity index (χ2n) is 6.77. The van der Waals surface area contributed by atoms with Gasteiger partial charge in [0, 0.05) is 30.4 Å². The standard InChI is InChI=1S/C17H28N2/c1-14-9-7-8-12-19(14)16-11-6-5-10-15(16)13-18-17(2,3)4/h5-6,10-11,14,18H,7-9,12-13H2,1-4H3. The molecule has 0 aliphatic carbocycles. The summed E-state index contributed by atoms with van der Waals surface area (Å²) in [6, 6.07) is 9.52. The van der Waals surface area contributed by atoms with Crippen LogP contribution >= 0.6 is 0 Å². The fourth-order valence-electron chi connectivity index (χ4n) is 2.76.